The molecule has 1 atom stereocenters. The number of nitrogens with one attached hydrogen (secondary N) is 1. The van der Waals surface area contributed by atoms with Crippen molar-refractivity contribution in [2.24, 2.45) is 0 Å². The van der Waals surface area contributed by atoms with Gasteiger partial charge in [0.2, 0.25) is 0 Å². The van der Waals surface area contributed by atoms with Crippen molar-refractivity contribution in [3.63, 3.8) is 0 Å². The predicted molar refractivity (Wildman–Crippen MR) is 115 cm³/mol. The normalized spacial score (nSPS) is 27.9. The zero-order valence-corrected chi connectivity index (χ0v) is 17.2. The van der Waals surface area contributed by atoms with Gasteiger partial charge in [-0.25, -0.2) is 4.79 Å². The number of nitrogens with zero attached hydrogens (tertiary/aromatic N) is 2. The molecule has 4 nitrogen and oxygen atoms in total. The van der Waals surface area contributed by atoms with E-state index in [0.29, 0.717) is 0 Å². The summed E-state index contributed by atoms with van der Waals surface area (Å²) < 4.78 is 0. The maximum atomic E-state index is 12.7. The van der Waals surface area contributed by atoms with E-state index >= 15 is 0 Å². The smallest absolute Gasteiger partial charge is 0.317 e. The van der Waals surface area contributed by atoms with Gasteiger partial charge in [0.05, 0.1) is 6.04 Å². The van der Waals surface area contributed by atoms with Gasteiger partial charge >= 0.3 is 6.03 Å². The second-order valence-corrected chi connectivity index (χ2v) is 9.60. The predicted octanol–water partition coefficient (Wildman–Crippen LogP) is 4.85. The van der Waals surface area contributed by atoms with Crippen LogP contribution in [0.1, 0.15) is 82.8 Å². The van der Waals surface area contributed by atoms with Crippen LogP contribution in [-0.4, -0.2) is 48.1 Å². The largest absolute Gasteiger partial charge is 0.331 e. The molecule has 2 amide bonds. The molecule has 1 spiro atoms. The molecule has 4 aliphatic rings. The number of hydrogen-bond donors (Lipinski definition) is 1. The first-order chi connectivity index (χ1) is 13.8. The van der Waals surface area contributed by atoms with Crippen molar-refractivity contribution in [1.29, 1.82) is 0 Å². The Balaban J connectivity index is 0.00000205. The Bertz CT molecular complexity index is 704. The molecule has 1 N–H and O–H groups in total. The molecule has 154 valence electrons. The summed E-state index contributed by atoms with van der Waals surface area (Å²) in [6.45, 7) is 4.29. The topological polar surface area (TPSA) is 35.6 Å². The van der Waals surface area contributed by atoms with Crippen LogP contribution in [0.25, 0.3) is 0 Å². The monoisotopic (exact) mass is 383 g/mol. The average molecular weight is 384 g/mol. The van der Waals surface area contributed by atoms with Gasteiger partial charge in [0.1, 0.15) is 0 Å². The molecule has 0 unspecified atom stereocenters. The maximum Gasteiger partial charge on any atom is 0.317 e. The lowest BCUT2D eigenvalue weighted by molar-refractivity contribution is 0.0899. The van der Waals surface area contributed by atoms with Gasteiger partial charge in [-0.2, -0.15) is 0 Å². The third-order valence-corrected chi connectivity index (χ3v) is 8.04. The minimum Gasteiger partial charge on any atom is -0.331 e. The number of rotatable bonds is 2. The first kappa shape index (κ1) is 18.5. The Hall–Kier alpha value is -1.55. The summed E-state index contributed by atoms with van der Waals surface area (Å²) >= 11 is 0. The van der Waals surface area contributed by atoms with Gasteiger partial charge in [0.15, 0.2) is 0 Å². The molecule has 0 radical (unpaired) electrons. The molecule has 5 rings (SSSR count). The maximum absolute atomic E-state index is 12.7. The molecule has 3 fully saturated rings. The molecule has 28 heavy (non-hydrogen) atoms. The van der Waals surface area contributed by atoms with Crippen LogP contribution in [0.15, 0.2) is 24.3 Å². The fraction of sp³-hybridized carbons (Fsp3) is 0.708. The van der Waals surface area contributed by atoms with Crippen LogP contribution >= 0.6 is 0 Å². The summed E-state index contributed by atoms with van der Waals surface area (Å²) in [5.41, 5.74) is 3.16. The van der Waals surface area contributed by atoms with Crippen molar-refractivity contribution < 1.29 is 6.22 Å². The van der Waals surface area contributed by atoms with E-state index in [-0.39, 0.29) is 18.9 Å². The van der Waals surface area contributed by atoms with Gasteiger partial charge in [-0.1, -0.05) is 43.5 Å². The molecule has 0 aromatic heterocycles. The molecule has 1 aromatic rings. The van der Waals surface area contributed by atoms with Crippen LogP contribution in [0, 0.1) is 0 Å². The van der Waals surface area contributed by atoms with E-state index in [2.05, 4.69) is 34.5 Å². The molecule has 1 aromatic carbocycles. The molecule has 2 aliphatic carbocycles. The first-order valence-corrected chi connectivity index (χ1v) is 11.6. The van der Waals surface area contributed by atoms with Gasteiger partial charge < -0.3 is 15.1 Å². The highest BCUT2D eigenvalue weighted by molar-refractivity contribution is 5.75. The minimum atomic E-state index is 0. The lowest BCUT2D eigenvalue weighted by Crippen LogP contribution is -2.47. The summed E-state index contributed by atoms with van der Waals surface area (Å²) in [5, 5.41) is 3.40. The van der Waals surface area contributed by atoms with Gasteiger partial charge in [0.25, 0.3) is 0 Å². The van der Waals surface area contributed by atoms with Crippen molar-refractivity contribution in [2.45, 2.75) is 81.7 Å². The fourth-order valence-electron chi connectivity index (χ4n) is 6.42. The van der Waals surface area contributed by atoms with E-state index in [4.69, 9.17) is 0 Å². The van der Waals surface area contributed by atoms with Crippen LogP contribution < -0.4 is 5.32 Å². The number of carbonyl (C=O) groups is 1. The van der Waals surface area contributed by atoms with Crippen LogP contribution in [0.5, 0.6) is 0 Å². The van der Waals surface area contributed by atoms with E-state index in [1.165, 1.54) is 69.2 Å². The van der Waals surface area contributed by atoms with Crippen molar-refractivity contribution in [2.75, 3.05) is 26.2 Å². The number of likely N-dealkylation sites (tertiary alicyclic amines) is 2. The van der Waals surface area contributed by atoms with Gasteiger partial charge in [-0.05, 0) is 69.2 Å². The second kappa shape index (κ2) is 7.70. The summed E-state index contributed by atoms with van der Waals surface area (Å²) in [6.07, 6.45) is 12.9. The summed E-state index contributed by atoms with van der Waals surface area (Å²) in [5.74, 6) is 0. The highest BCUT2D eigenvalue weighted by Crippen LogP contribution is 2.51. The molecule has 2 aliphatic heterocycles. The average Bonchev–Trinajstić information content (AvgIpc) is 3.38. The van der Waals surface area contributed by atoms with Gasteiger partial charge in [-0.15, -0.1) is 0 Å². The standard InChI is InChI=1S/C24H35N3O.H2/c28-23(27-14-6-7-15-27)25-22-18-24(21-11-5-4-10-20(21)22)12-16-26(17-13-24)19-8-2-1-3-9-19;/h4-5,10-11,19,22H,1-3,6-9,12-18H2,(H,25,28);1H/t22-;/m0./s1. The number of urea groups is 1. The van der Waals surface area contributed by atoms with Gasteiger partial charge in [-0.3, -0.25) is 0 Å². The third-order valence-electron chi connectivity index (χ3n) is 8.04. The van der Waals surface area contributed by atoms with E-state index in [9.17, 15) is 4.79 Å². The fourth-order valence-corrected chi connectivity index (χ4v) is 6.42. The number of piperidine rings is 1. The van der Waals surface area contributed by atoms with E-state index in [1.807, 2.05) is 4.90 Å². The van der Waals surface area contributed by atoms with Crippen molar-refractivity contribution in [3.8, 4) is 0 Å². The third kappa shape index (κ3) is 3.34. The molecule has 4 heteroatoms. The summed E-state index contributed by atoms with van der Waals surface area (Å²) in [6, 6.07) is 10.1. The molecule has 2 saturated heterocycles. The van der Waals surface area contributed by atoms with Crippen molar-refractivity contribution >= 4 is 6.03 Å². The molecule has 0 bridgehead atoms. The Morgan fingerprint density at radius 2 is 1.68 bits per heavy atom. The number of benzene rings is 1. The van der Waals surface area contributed by atoms with Crippen LogP contribution in [0.4, 0.5) is 4.79 Å². The molecular weight excluding hydrogens is 346 g/mol. The van der Waals surface area contributed by atoms with Crippen LogP contribution in [0.2, 0.25) is 0 Å². The van der Waals surface area contributed by atoms with Gasteiger partial charge in [0, 0.05) is 26.0 Å². The number of hydrogen-bond acceptors (Lipinski definition) is 2. The summed E-state index contributed by atoms with van der Waals surface area (Å²) in [7, 11) is 0. The van der Waals surface area contributed by atoms with Crippen molar-refractivity contribution in [3.05, 3.63) is 35.4 Å². The van der Waals surface area contributed by atoms with Crippen LogP contribution in [-0.2, 0) is 5.41 Å². The Kier molecular flexibility index (Phi) is 5.08. The second-order valence-electron chi connectivity index (χ2n) is 9.60. The summed E-state index contributed by atoms with van der Waals surface area (Å²) in [4.78, 5) is 17.5. The highest BCUT2D eigenvalue weighted by Gasteiger charge is 2.46. The highest BCUT2D eigenvalue weighted by atomic mass is 16.2. The number of amides is 2. The zero-order chi connectivity index (χ0) is 19.0. The van der Waals surface area contributed by atoms with Crippen LogP contribution in [0.3, 0.4) is 0 Å². The number of fused-ring (bicyclic) bond motifs is 2. The number of carbonyl (C=O) groups excluding carboxylic acids is 1. The molecular formula is C24H37N3O. The Labute approximate surface area is 171 Å². The Morgan fingerprint density at radius 3 is 2.43 bits per heavy atom. The zero-order valence-electron chi connectivity index (χ0n) is 17.2. The molecule has 1 saturated carbocycles. The first-order valence-electron chi connectivity index (χ1n) is 11.6. The lowest BCUT2D eigenvalue weighted by atomic mass is 9.73. The quantitative estimate of drug-likeness (QED) is 0.792. The SMILES string of the molecule is O=C(N[C@H]1CC2(CCN(C3CCCCC3)CC2)c2ccccc21)N1CCCC1.[HH]. The Morgan fingerprint density at radius 1 is 0.964 bits per heavy atom. The van der Waals surface area contributed by atoms with E-state index in [0.717, 1.165) is 38.4 Å². The lowest BCUT2D eigenvalue weighted by Gasteiger charge is -2.44. The molecule has 2 heterocycles. The van der Waals surface area contributed by atoms with E-state index < -0.39 is 0 Å². The minimum absolute atomic E-state index is 0. The van der Waals surface area contributed by atoms with E-state index in [1.54, 1.807) is 0 Å². The van der Waals surface area contributed by atoms with Crippen molar-refractivity contribution in [1.82, 2.24) is 15.1 Å².